The van der Waals surface area contributed by atoms with Gasteiger partial charge in [0.2, 0.25) is 10.0 Å². The summed E-state index contributed by atoms with van der Waals surface area (Å²) >= 11 is 6.08. The van der Waals surface area contributed by atoms with Gasteiger partial charge in [-0.2, -0.15) is 5.10 Å². The number of hydrogen-bond acceptors (Lipinski definition) is 5. The number of nitrogens with zero attached hydrogens (tertiary/aromatic N) is 4. The summed E-state index contributed by atoms with van der Waals surface area (Å²) in [6.07, 6.45) is 4.98. The Balaban J connectivity index is 1.62. The fraction of sp³-hybridized carbons (Fsp3) is 0.241. The Hall–Kier alpha value is -3.73. The molecule has 206 valence electrons. The van der Waals surface area contributed by atoms with E-state index in [-0.39, 0.29) is 22.3 Å². The van der Waals surface area contributed by atoms with Crippen molar-refractivity contribution in [2.75, 3.05) is 13.2 Å². The topological polar surface area (TPSA) is 88.1 Å². The van der Waals surface area contributed by atoms with Gasteiger partial charge in [0.15, 0.2) is 0 Å². The molecule has 40 heavy (non-hydrogen) atoms. The van der Waals surface area contributed by atoms with E-state index in [0.29, 0.717) is 46.5 Å². The van der Waals surface area contributed by atoms with E-state index < -0.39 is 27.3 Å². The summed E-state index contributed by atoms with van der Waals surface area (Å²) in [5, 5.41) is 4.84. The molecule has 11 heteroatoms. The minimum Gasteiger partial charge on any atom is -0.377 e. The quantitative estimate of drug-likeness (QED) is 0.267. The number of pyridine rings is 1. The highest BCUT2D eigenvalue weighted by molar-refractivity contribution is 7.89. The van der Waals surface area contributed by atoms with E-state index >= 15 is 4.39 Å². The molecule has 0 radical (unpaired) electrons. The summed E-state index contributed by atoms with van der Waals surface area (Å²) in [5.41, 5.74) is 1.87. The van der Waals surface area contributed by atoms with Crippen molar-refractivity contribution in [3.63, 3.8) is 0 Å². The summed E-state index contributed by atoms with van der Waals surface area (Å²) in [6.45, 7) is 2.84. The molecule has 0 N–H and O–H groups in total. The Kier molecular flexibility index (Phi) is 6.64. The first kappa shape index (κ1) is 26.5. The lowest BCUT2D eigenvalue weighted by Gasteiger charge is -2.25. The number of ether oxygens (including phenoxy) is 1. The molecule has 1 fully saturated rings. The maximum absolute atomic E-state index is 15.1. The van der Waals surface area contributed by atoms with Gasteiger partial charge in [-0.1, -0.05) is 61.0 Å². The van der Waals surface area contributed by atoms with Crippen molar-refractivity contribution in [1.82, 2.24) is 18.3 Å². The number of halogens is 2. The third kappa shape index (κ3) is 4.46. The van der Waals surface area contributed by atoms with Gasteiger partial charge in [-0.05, 0) is 28.8 Å². The lowest BCUT2D eigenvalue weighted by atomic mass is 9.91. The van der Waals surface area contributed by atoms with Crippen LogP contribution in [0.4, 0.5) is 4.39 Å². The fourth-order valence-corrected chi connectivity index (χ4v) is 7.01. The third-order valence-electron chi connectivity index (χ3n) is 7.40. The number of aromatic nitrogens is 4. The van der Waals surface area contributed by atoms with Crippen LogP contribution in [0.5, 0.6) is 0 Å². The monoisotopic (exact) mass is 580 g/mol. The molecule has 6 rings (SSSR count). The molecule has 0 spiro atoms. The van der Waals surface area contributed by atoms with Gasteiger partial charge in [0.05, 0.1) is 41.9 Å². The molecule has 0 amide bonds. The molecule has 0 bridgehead atoms. The van der Waals surface area contributed by atoms with Crippen LogP contribution in [0.25, 0.3) is 22.2 Å². The van der Waals surface area contributed by atoms with Crippen molar-refractivity contribution in [2.45, 2.75) is 24.6 Å². The highest BCUT2D eigenvalue weighted by atomic mass is 35.5. The van der Waals surface area contributed by atoms with Crippen LogP contribution >= 0.6 is 11.6 Å². The molecule has 1 aliphatic heterocycles. The minimum absolute atomic E-state index is 0.0000511. The summed E-state index contributed by atoms with van der Waals surface area (Å²) in [5.74, 6) is -1.41. The van der Waals surface area contributed by atoms with Crippen molar-refractivity contribution >= 4 is 32.5 Å². The summed E-state index contributed by atoms with van der Waals surface area (Å²) in [4.78, 5) is 13.6. The predicted molar refractivity (Wildman–Crippen MR) is 152 cm³/mol. The molecule has 1 aliphatic rings. The maximum Gasteiger partial charge on any atom is 0.275 e. The molecule has 0 saturated carbocycles. The average Bonchev–Trinajstić information content (AvgIpc) is 3.53. The molecule has 3 aromatic heterocycles. The highest BCUT2D eigenvalue weighted by Gasteiger charge is 2.30. The van der Waals surface area contributed by atoms with Crippen LogP contribution in [0.1, 0.15) is 35.6 Å². The van der Waals surface area contributed by atoms with Crippen LogP contribution in [0, 0.1) is 5.82 Å². The Labute approximate surface area is 235 Å². The van der Waals surface area contributed by atoms with Crippen LogP contribution in [0.15, 0.2) is 78.0 Å². The lowest BCUT2D eigenvalue weighted by molar-refractivity contribution is -0.0286. The average molecular weight is 581 g/mol. The highest BCUT2D eigenvalue weighted by Crippen LogP contribution is 2.37. The zero-order chi connectivity index (χ0) is 28.2. The third-order valence-corrected chi connectivity index (χ3v) is 9.33. The van der Waals surface area contributed by atoms with Gasteiger partial charge in [-0.15, -0.1) is 0 Å². The lowest BCUT2D eigenvalue weighted by Crippen LogP contribution is -2.30. The predicted octanol–water partition coefficient (Wildman–Crippen LogP) is 5.10. The largest absolute Gasteiger partial charge is 0.377 e. The first-order chi connectivity index (χ1) is 19.2. The molecule has 8 nitrogen and oxygen atoms in total. The first-order valence-corrected chi connectivity index (χ1v) is 14.7. The first-order valence-electron chi connectivity index (χ1n) is 12.7. The Bertz CT molecular complexity index is 1910. The molecule has 1 saturated heterocycles. The number of fused-ring (bicyclic) bond motifs is 1. The normalized spacial score (nSPS) is 14.9. The molecule has 1 unspecified atom stereocenters. The molecule has 5 aromatic rings. The van der Waals surface area contributed by atoms with Crippen LogP contribution in [0.3, 0.4) is 0 Å². The van der Waals surface area contributed by atoms with Crippen molar-refractivity contribution < 1.29 is 17.5 Å². The van der Waals surface area contributed by atoms with Gasteiger partial charge in [0, 0.05) is 36.3 Å². The van der Waals surface area contributed by atoms with E-state index in [2.05, 4.69) is 5.10 Å². The molecular formula is C29H26ClFN4O4S. The van der Waals surface area contributed by atoms with E-state index in [1.165, 1.54) is 10.6 Å². The Morgan fingerprint density at radius 2 is 1.85 bits per heavy atom. The second-order valence-electron chi connectivity index (χ2n) is 10.1. The van der Waals surface area contributed by atoms with E-state index in [0.717, 1.165) is 3.97 Å². The van der Waals surface area contributed by atoms with Gasteiger partial charge in [-0.25, -0.2) is 16.8 Å². The van der Waals surface area contributed by atoms with Crippen molar-refractivity contribution in [3.05, 3.63) is 111 Å². The van der Waals surface area contributed by atoms with Gasteiger partial charge in [0.25, 0.3) is 5.56 Å². The van der Waals surface area contributed by atoms with Crippen LogP contribution in [-0.2, 0) is 27.6 Å². The second-order valence-corrected chi connectivity index (χ2v) is 12.3. The molecule has 4 heterocycles. The van der Waals surface area contributed by atoms with Gasteiger partial charge >= 0.3 is 0 Å². The minimum atomic E-state index is -4.09. The Morgan fingerprint density at radius 1 is 1.10 bits per heavy atom. The number of rotatable bonds is 7. The van der Waals surface area contributed by atoms with Gasteiger partial charge < -0.3 is 9.30 Å². The van der Waals surface area contributed by atoms with Gasteiger partial charge in [-0.3, -0.25) is 9.48 Å². The maximum atomic E-state index is 15.1. The standard InChI is InChI=1S/C29H26ClFN4O4S/c1-18(22-9-6-10-25(30)27(22)31)24-14-33(2)29(36)28-23(24)11-26(20-12-32-34(13-20)21-15-39-16-21)35(28)40(37,38)17-19-7-4-3-5-8-19/h3-14,18,21H,15-17H2,1-2H3. The summed E-state index contributed by atoms with van der Waals surface area (Å²) in [6, 6.07) is 15.3. The SMILES string of the molecule is CC(c1cccc(Cl)c1F)c1cn(C)c(=O)c2c1cc(-c1cnn(C3COC3)c1)n2S(=O)(=O)Cc1ccccc1. The van der Waals surface area contributed by atoms with Crippen LogP contribution in [0.2, 0.25) is 5.02 Å². The van der Waals surface area contributed by atoms with Crippen molar-refractivity contribution in [3.8, 4) is 11.3 Å². The van der Waals surface area contributed by atoms with Crippen molar-refractivity contribution in [1.29, 1.82) is 0 Å². The molecule has 1 atom stereocenters. The van der Waals surface area contributed by atoms with E-state index in [1.807, 2.05) is 6.07 Å². The number of aryl methyl sites for hydroxylation is 1. The molecule has 2 aromatic carbocycles. The van der Waals surface area contributed by atoms with Crippen molar-refractivity contribution in [2.24, 2.45) is 7.05 Å². The number of benzene rings is 2. The summed E-state index contributed by atoms with van der Waals surface area (Å²) in [7, 11) is -2.54. The Morgan fingerprint density at radius 3 is 2.55 bits per heavy atom. The second kappa shape index (κ2) is 10.0. The van der Waals surface area contributed by atoms with E-state index in [9.17, 15) is 13.2 Å². The zero-order valence-electron chi connectivity index (χ0n) is 21.8. The summed E-state index contributed by atoms with van der Waals surface area (Å²) < 4.78 is 52.7. The van der Waals surface area contributed by atoms with E-state index in [1.54, 1.807) is 79.7 Å². The number of hydrogen-bond donors (Lipinski definition) is 0. The van der Waals surface area contributed by atoms with Gasteiger partial charge in [0.1, 0.15) is 11.3 Å². The smallest absolute Gasteiger partial charge is 0.275 e. The molecule has 0 aliphatic carbocycles. The molecular weight excluding hydrogens is 555 g/mol. The zero-order valence-corrected chi connectivity index (χ0v) is 23.4. The van der Waals surface area contributed by atoms with Crippen LogP contribution in [-0.4, -0.2) is 40.0 Å². The van der Waals surface area contributed by atoms with Crippen LogP contribution < -0.4 is 5.56 Å². The fourth-order valence-electron chi connectivity index (χ4n) is 5.17. The van der Waals surface area contributed by atoms with E-state index in [4.69, 9.17) is 16.3 Å².